The Morgan fingerprint density at radius 3 is 2.55 bits per heavy atom. The molecular weight excluding hydrogens is 302 g/mol. The average Bonchev–Trinajstić information content (AvgIpc) is 2.97. The molecule has 1 aromatic carbocycles. The molecule has 1 aromatic rings. The van der Waals surface area contributed by atoms with Crippen LogP contribution in [0.5, 0.6) is 0 Å². The molecule has 0 radical (unpaired) electrons. The molecule has 0 spiro atoms. The van der Waals surface area contributed by atoms with Gasteiger partial charge in [0, 0.05) is 26.3 Å². The summed E-state index contributed by atoms with van der Waals surface area (Å²) in [5.74, 6) is -0.124. The van der Waals surface area contributed by atoms with Gasteiger partial charge in [0.1, 0.15) is 0 Å². The summed E-state index contributed by atoms with van der Waals surface area (Å²) in [6.07, 6.45) is 0.805. The summed E-state index contributed by atoms with van der Waals surface area (Å²) in [6, 6.07) is 3.18. The van der Waals surface area contributed by atoms with Crippen molar-refractivity contribution in [3.63, 3.8) is 0 Å². The molecule has 122 valence electrons. The number of hydrogen-bond acceptors (Lipinski definition) is 4. The minimum Gasteiger partial charge on any atom is -0.326 e. The molecule has 2 rings (SSSR count). The number of hydrogen-bond donors (Lipinski definition) is 2. The minimum atomic E-state index is -3.52. The fourth-order valence-electron chi connectivity index (χ4n) is 2.43. The van der Waals surface area contributed by atoms with Gasteiger partial charge in [-0.3, -0.25) is 4.79 Å². The Bertz CT molecular complexity index is 678. The van der Waals surface area contributed by atoms with Crippen molar-refractivity contribution in [2.75, 3.05) is 32.5 Å². The molecule has 0 aliphatic carbocycles. The fraction of sp³-hybridized carbons (Fsp3) is 0.533. The highest BCUT2D eigenvalue weighted by Gasteiger charge is 2.24. The molecule has 1 heterocycles. The van der Waals surface area contributed by atoms with Crippen LogP contribution in [0.15, 0.2) is 17.0 Å². The zero-order valence-electron chi connectivity index (χ0n) is 13.4. The van der Waals surface area contributed by atoms with Crippen LogP contribution in [0.25, 0.3) is 0 Å². The number of benzene rings is 1. The molecule has 1 aliphatic rings. The average molecular weight is 325 g/mol. The van der Waals surface area contributed by atoms with E-state index in [2.05, 4.69) is 10.6 Å². The molecule has 0 bridgehead atoms. The quantitative estimate of drug-likeness (QED) is 0.869. The number of nitrogens with zero attached hydrogens (tertiary/aromatic N) is 1. The lowest BCUT2D eigenvalue weighted by Crippen LogP contribution is -2.26. The fourth-order valence-corrected chi connectivity index (χ4v) is 3.44. The maximum atomic E-state index is 12.3. The number of sulfonamides is 1. The Kier molecular flexibility index (Phi) is 4.89. The lowest BCUT2D eigenvalue weighted by Gasteiger charge is -2.17. The molecule has 0 aromatic heterocycles. The lowest BCUT2D eigenvalue weighted by molar-refractivity contribution is -0.119. The van der Waals surface area contributed by atoms with E-state index >= 15 is 0 Å². The number of amides is 1. The Morgan fingerprint density at radius 1 is 1.32 bits per heavy atom. The van der Waals surface area contributed by atoms with Gasteiger partial charge in [-0.25, -0.2) is 12.7 Å². The van der Waals surface area contributed by atoms with Crippen LogP contribution in [0, 0.1) is 19.8 Å². The molecule has 1 fully saturated rings. The third-order valence-electron chi connectivity index (χ3n) is 4.11. The standard InChI is InChI=1S/C15H23N3O3S/c1-10-7-13(22(20,21)18(3)4)8-14(11(10)2)17-15(19)12-5-6-16-9-12/h7-8,12,16H,5-6,9H2,1-4H3,(H,17,19). The maximum absolute atomic E-state index is 12.3. The number of carbonyl (C=O) groups excluding carboxylic acids is 1. The predicted octanol–water partition coefficient (Wildman–Crippen LogP) is 1.10. The smallest absolute Gasteiger partial charge is 0.242 e. The van der Waals surface area contributed by atoms with Crippen LogP contribution in [0.4, 0.5) is 5.69 Å². The van der Waals surface area contributed by atoms with Gasteiger partial charge >= 0.3 is 0 Å². The van der Waals surface area contributed by atoms with Gasteiger partial charge in [-0.05, 0) is 50.1 Å². The minimum absolute atomic E-state index is 0.0613. The van der Waals surface area contributed by atoms with Gasteiger partial charge in [-0.2, -0.15) is 0 Å². The van der Waals surface area contributed by atoms with E-state index in [1.165, 1.54) is 24.5 Å². The summed E-state index contributed by atoms with van der Waals surface area (Å²) in [4.78, 5) is 12.5. The second-order valence-electron chi connectivity index (χ2n) is 5.88. The van der Waals surface area contributed by atoms with E-state index in [4.69, 9.17) is 0 Å². The first-order valence-electron chi connectivity index (χ1n) is 7.29. The molecule has 2 N–H and O–H groups in total. The Hall–Kier alpha value is -1.44. The summed E-state index contributed by atoms with van der Waals surface area (Å²) in [7, 11) is -0.538. The van der Waals surface area contributed by atoms with E-state index in [-0.39, 0.29) is 16.7 Å². The number of rotatable bonds is 4. The number of anilines is 1. The first-order valence-corrected chi connectivity index (χ1v) is 8.73. The van der Waals surface area contributed by atoms with E-state index in [9.17, 15) is 13.2 Å². The molecule has 22 heavy (non-hydrogen) atoms. The number of carbonyl (C=O) groups is 1. The van der Waals surface area contributed by atoms with E-state index in [1.54, 1.807) is 6.07 Å². The van der Waals surface area contributed by atoms with Crippen molar-refractivity contribution in [3.05, 3.63) is 23.3 Å². The Labute approximate surface area is 131 Å². The summed E-state index contributed by atoms with van der Waals surface area (Å²) in [5, 5.41) is 6.03. The topological polar surface area (TPSA) is 78.5 Å². The van der Waals surface area contributed by atoms with E-state index in [0.717, 1.165) is 24.1 Å². The van der Waals surface area contributed by atoms with Gasteiger partial charge in [0.25, 0.3) is 0 Å². The summed E-state index contributed by atoms with van der Waals surface area (Å²) in [5.41, 5.74) is 2.29. The first kappa shape index (κ1) is 16.9. The molecule has 7 heteroatoms. The van der Waals surface area contributed by atoms with Crippen LogP contribution in [0.2, 0.25) is 0 Å². The second-order valence-corrected chi connectivity index (χ2v) is 8.03. The first-order chi connectivity index (χ1) is 10.2. The third-order valence-corrected chi connectivity index (χ3v) is 5.90. The van der Waals surface area contributed by atoms with Crippen LogP contribution in [0.3, 0.4) is 0 Å². The highest BCUT2D eigenvalue weighted by atomic mass is 32.2. The second kappa shape index (κ2) is 6.36. The summed E-state index contributed by atoms with van der Waals surface area (Å²) >= 11 is 0. The molecular formula is C15H23N3O3S. The normalized spacial score (nSPS) is 18.7. The van der Waals surface area contributed by atoms with Crippen molar-refractivity contribution in [2.24, 2.45) is 5.92 Å². The van der Waals surface area contributed by atoms with Crippen molar-refractivity contribution in [1.82, 2.24) is 9.62 Å². The summed E-state index contributed by atoms with van der Waals surface area (Å²) < 4.78 is 25.8. The van der Waals surface area contributed by atoms with Gasteiger partial charge in [0.05, 0.1) is 10.8 Å². The van der Waals surface area contributed by atoms with Gasteiger partial charge in [0.2, 0.25) is 15.9 Å². The molecule has 1 amide bonds. The highest BCUT2D eigenvalue weighted by Crippen LogP contribution is 2.26. The monoisotopic (exact) mass is 325 g/mol. The Morgan fingerprint density at radius 2 is 2.00 bits per heavy atom. The molecule has 0 saturated carbocycles. The molecule has 6 nitrogen and oxygen atoms in total. The van der Waals surface area contributed by atoms with Crippen LogP contribution in [-0.4, -0.2) is 45.8 Å². The Balaban J connectivity index is 2.35. The molecule has 1 atom stereocenters. The van der Waals surface area contributed by atoms with Crippen molar-refractivity contribution in [3.8, 4) is 0 Å². The van der Waals surface area contributed by atoms with Crippen LogP contribution >= 0.6 is 0 Å². The van der Waals surface area contributed by atoms with Gasteiger partial charge in [0.15, 0.2) is 0 Å². The van der Waals surface area contributed by atoms with E-state index < -0.39 is 10.0 Å². The van der Waals surface area contributed by atoms with Gasteiger partial charge in [-0.1, -0.05) is 0 Å². The molecule has 1 saturated heterocycles. The zero-order valence-corrected chi connectivity index (χ0v) is 14.3. The van der Waals surface area contributed by atoms with Crippen LogP contribution < -0.4 is 10.6 Å². The maximum Gasteiger partial charge on any atom is 0.242 e. The molecule has 1 aliphatic heterocycles. The number of nitrogens with one attached hydrogen (secondary N) is 2. The van der Waals surface area contributed by atoms with Crippen molar-refractivity contribution in [1.29, 1.82) is 0 Å². The van der Waals surface area contributed by atoms with E-state index in [0.29, 0.717) is 12.2 Å². The highest BCUT2D eigenvalue weighted by molar-refractivity contribution is 7.89. The van der Waals surface area contributed by atoms with E-state index in [1.807, 2.05) is 13.8 Å². The predicted molar refractivity (Wildman–Crippen MR) is 86.4 cm³/mol. The largest absolute Gasteiger partial charge is 0.326 e. The van der Waals surface area contributed by atoms with Crippen LogP contribution in [0.1, 0.15) is 17.5 Å². The van der Waals surface area contributed by atoms with Crippen molar-refractivity contribution < 1.29 is 13.2 Å². The van der Waals surface area contributed by atoms with Crippen molar-refractivity contribution >= 4 is 21.6 Å². The van der Waals surface area contributed by atoms with Crippen LogP contribution in [-0.2, 0) is 14.8 Å². The van der Waals surface area contributed by atoms with Gasteiger partial charge in [-0.15, -0.1) is 0 Å². The summed E-state index contributed by atoms with van der Waals surface area (Å²) in [6.45, 7) is 5.23. The zero-order chi connectivity index (χ0) is 16.5. The van der Waals surface area contributed by atoms with Crippen molar-refractivity contribution in [2.45, 2.75) is 25.2 Å². The number of aryl methyl sites for hydroxylation is 1. The molecule has 1 unspecified atom stereocenters. The SMILES string of the molecule is Cc1cc(S(=O)(=O)N(C)C)cc(NC(=O)C2CCNC2)c1C. The lowest BCUT2D eigenvalue weighted by atomic mass is 10.1. The third kappa shape index (κ3) is 3.31. The van der Waals surface area contributed by atoms with Gasteiger partial charge < -0.3 is 10.6 Å².